The van der Waals surface area contributed by atoms with E-state index >= 15 is 0 Å². The van der Waals surface area contributed by atoms with Crippen LogP contribution in [0.3, 0.4) is 0 Å². The van der Waals surface area contributed by atoms with E-state index < -0.39 is 8.32 Å². The van der Waals surface area contributed by atoms with Crippen LogP contribution >= 0.6 is 0 Å². The molecule has 0 aromatic heterocycles. The second-order valence-electron chi connectivity index (χ2n) is 7.41. The molecule has 120 valence electrons. The fourth-order valence-electron chi connectivity index (χ4n) is 1.93. The fraction of sp³-hybridized carbons (Fsp3) is 0.526. The van der Waals surface area contributed by atoms with Crippen LogP contribution in [0.5, 0.6) is 0 Å². The van der Waals surface area contributed by atoms with Crippen molar-refractivity contribution >= 4 is 14.4 Å². The summed E-state index contributed by atoms with van der Waals surface area (Å²) in [5, 5.41) is 9.29. The number of hydrogen-bond acceptors (Lipinski definition) is 2. The largest absolute Gasteiger partial charge is 0.412 e. The van der Waals surface area contributed by atoms with Gasteiger partial charge in [-0.3, -0.25) is 0 Å². The first-order valence-corrected chi connectivity index (χ1v) is 10.9. The van der Waals surface area contributed by atoms with Gasteiger partial charge in [-0.1, -0.05) is 70.2 Å². The van der Waals surface area contributed by atoms with Crippen molar-refractivity contribution in [3.8, 4) is 6.07 Å². The molecule has 2 atom stereocenters. The summed E-state index contributed by atoms with van der Waals surface area (Å²) in [4.78, 5) is 0. The van der Waals surface area contributed by atoms with E-state index in [-0.39, 0.29) is 17.1 Å². The minimum atomic E-state index is -1.86. The van der Waals surface area contributed by atoms with Crippen molar-refractivity contribution in [1.82, 2.24) is 0 Å². The van der Waals surface area contributed by atoms with Crippen LogP contribution < -0.4 is 0 Å². The maximum Gasteiger partial charge on any atom is 0.192 e. The van der Waals surface area contributed by atoms with Gasteiger partial charge in [-0.25, -0.2) is 0 Å². The van der Waals surface area contributed by atoms with Crippen molar-refractivity contribution in [2.75, 3.05) is 0 Å². The van der Waals surface area contributed by atoms with Crippen molar-refractivity contribution in [2.45, 2.75) is 58.4 Å². The molecule has 0 saturated heterocycles. The average Bonchev–Trinajstić information content (AvgIpc) is 2.44. The summed E-state index contributed by atoms with van der Waals surface area (Å²) < 4.78 is 6.46. The van der Waals surface area contributed by atoms with E-state index in [0.717, 1.165) is 0 Å². The van der Waals surface area contributed by atoms with Gasteiger partial charge in [0.15, 0.2) is 8.32 Å². The number of rotatable bonds is 6. The first-order valence-electron chi connectivity index (χ1n) is 7.95. The zero-order valence-corrected chi connectivity index (χ0v) is 15.8. The van der Waals surface area contributed by atoms with E-state index in [4.69, 9.17) is 9.69 Å². The minimum Gasteiger partial charge on any atom is -0.412 e. The van der Waals surface area contributed by atoms with Crippen molar-refractivity contribution in [3.05, 3.63) is 42.0 Å². The number of benzene rings is 1. The molecule has 2 nitrogen and oxygen atoms in total. The van der Waals surface area contributed by atoms with Gasteiger partial charge >= 0.3 is 0 Å². The minimum absolute atomic E-state index is 0.0362. The molecule has 0 aliphatic carbocycles. The molecule has 3 heteroatoms. The van der Waals surface area contributed by atoms with Gasteiger partial charge in [0.25, 0.3) is 0 Å². The van der Waals surface area contributed by atoms with Crippen LogP contribution in [-0.2, 0) is 4.43 Å². The van der Waals surface area contributed by atoms with Gasteiger partial charge in [-0.2, -0.15) is 5.26 Å². The van der Waals surface area contributed by atoms with Gasteiger partial charge in [0.05, 0.1) is 18.6 Å². The molecular weight excluding hydrogens is 286 g/mol. The summed E-state index contributed by atoms with van der Waals surface area (Å²) in [6.07, 6.45) is 4.67. The van der Waals surface area contributed by atoms with Crippen LogP contribution in [-0.4, -0.2) is 14.4 Å². The molecule has 1 aromatic rings. The Kier molecular flexibility index (Phi) is 6.59. The van der Waals surface area contributed by atoms with Crippen molar-refractivity contribution in [3.63, 3.8) is 0 Å². The molecule has 0 radical (unpaired) electrons. The van der Waals surface area contributed by atoms with E-state index in [1.54, 1.807) is 0 Å². The van der Waals surface area contributed by atoms with Gasteiger partial charge in [0.1, 0.15) is 0 Å². The standard InChI is InChI=1S/C19H29NOSi/c1-16(12-13-17-10-8-7-9-11-17)18(14-15-20)21-22(5,6)19(2,3)4/h7-13,16,18H,14H2,1-6H3/b13-12+/t16-,18+/m1/s1. The first-order chi connectivity index (χ1) is 10.2. The Labute approximate surface area is 136 Å². The fourth-order valence-corrected chi connectivity index (χ4v) is 3.34. The topological polar surface area (TPSA) is 33.0 Å². The van der Waals surface area contributed by atoms with Crippen molar-refractivity contribution in [2.24, 2.45) is 5.92 Å². The highest BCUT2D eigenvalue weighted by Crippen LogP contribution is 2.38. The Hall–Kier alpha value is -1.37. The van der Waals surface area contributed by atoms with E-state index in [9.17, 15) is 0 Å². The summed E-state index contributed by atoms with van der Waals surface area (Å²) in [5.74, 6) is 0.217. The van der Waals surface area contributed by atoms with Gasteiger partial charge in [0.2, 0.25) is 0 Å². The van der Waals surface area contributed by atoms with E-state index in [1.165, 1.54) is 5.56 Å². The predicted octanol–water partition coefficient (Wildman–Crippen LogP) is 5.64. The molecule has 1 rings (SSSR count). The molecule has 22 heavy (non-hydrogen) atoms. The highest BCUT2D eigenvalue weighted by molar-refractivity contribution is 6.74. The van der Waals surface area contributed by atoms with E-state index in [2.05, 4.69) is 71.1 Å². The van der Waals surface area contributed by atoms with Crippen LogP contribution in [0.25, 0.3) is 6.08 Å². The van der Waals surface area contributed by atoms with E-state index in [1.807, 2.05) is 18.2 Å². The van der Waals surface area contributed by atoms with Crippen LogP contribution in [0, 0.1) is 17.2 Å². The van der Waals surface area contributed by atoms with Gasteiger partial charge < -0.3 is 4.43 Å². The average molecular weight is 316 g/mol. The summed E-state index contributed by atoms with van der Waals surface area (Å²) >= 11 is 0. The highest BCUT2D eigenvalue weighted by atomic mass is 28.4. The highest BCUT2D eigenvalue weighted by Gasteiger charge is 2.39. The van der Waals surface area contributed by atoms with Crippen LogP contribution in [0.1, 0.15) is 39.7 Å². The molecule has 0 saturated carbocycles. The zero-order chi connectivity index (χ0) is 16.8. The summed E-state index contributed by atoms with van der Waals surface area (Å²) in [7, 11) is -1.86. The lowest BCUT2D eigenvalue weighted by atomic mass is 10.0. The predicted molar refractivity (Wildman–Crippen MR) is 96.9 cm³/mol. The third-order valence-electron chi connectivity index (χ3n) is 4.52. The van der Waals surface area contributed by atoms with Crippen molar-refractivity contribution in [1.29, 1.82) is 5.26 Å². The van der Waals surface area contributed by atoms with E-state index in [0.29, 0.717) is 6.42 Å². The monoisotopic (exact) mass is 315 g/mol. The molecule has 1 aromatic carbocycles. The molecule has 0 spiro atoms. The third kappa shape index (κ3) is 5.44. The summed E-state index contributed by atoms with van der Waals surface area (Å²) in [6.45, 7) is 13.3. The zero-order valence-electron chi connectivity index (χ0n) is 14.8. The molecule has 0 aliphatic heterocycles. The number of nitrogens with zero attached hydrogens (tertiary/aromatic N) is 1. The molecule has 0 N–H and O–H groups in total. The Bertz CT molecular complexity index is 523. The maximum absolute atomic E-state index is 9.13. The summed E-state index contributed by atoms with van der Waals surface area (Å²) in [6, 6.07) is 12.5. The smallest absolute Gasteiger partial charge is 0.192 e. The molecule has 0 bridgehead atoms. The second kappa shape index (κ2) is 7.76. The third-order valence-corrected chi connectivity index (χ3v) is 9.03. The lowest BCUT2D eigenvalue weighted by molar-refractivity contribution is 0.150. The Morgan fingerprint density at radius 3 is 2.32 bits per heavy atom. The molecule has 0 amide bonds. The lowest BCUT2D eigenvalue weighted by Gasteiger charge is -2.40. The van der Waals surface area contributed by atoms with Crippen LogP contribution in [0.2, 0.25) is 18.1 Å². The molecule has 0 aliphatic rings. The van der Waals surface area contributed by atoms with Gasteiger partial charge in [-0.05, 0) is 23.7 Å². The second-order valence-corrected chi connectivity index (χ2v) is 12.2. The van der Waals surface area contributed by atoms with Crippen LogP contribution in [0.4, 0.5) is 0 Å². The van der Waals surface area contributed by atoms with Gasteiger partial charge in [-0.15, -0.1) is 0 Å². The normalized spacial score (nSPS) is 15.5. The van der Waals surface area contributed by atoms with Crippen LogP contribution in [0.15, 0.2) is 36.4 Å². The van der Waals surface area contributed by atoms with Gasteiger partial charge in [0, 0.05) is 5.92 Å². The molecule has 0 fully saturated rings. The Morgan fingerprint density at radius 1 is 1.23 bits per heavy atom. The first kappa shape index (κ1) is 18.7. The molecular formula is C19H29NOSi. The lowest BCUT2D eigenvalue weighted by Crippen LogP contribution is -2.45. The maximum atomic E-state index is 9.13. The van der Waals surface area contributed by atoms with Crippen molar-refractivity contribution < 1.29 is 4.43 Å². The summed E-state index contributed by atoms with van der Waals surface area (Å²) in [5.41, 5.74) is 1.18. The quantitative estimate of drug-likeness (QED) is 0.636. The Morgan fingerprint density at radius 2 is 1.82 bits per heavy atom. The molecule has 0 heterocycles. The molecule has 0 unspecified atom stereocenters. The Balaban J connectivity index is 2.82. The number of hydrogen-bond donors (Lipinski definition) is 0. The SMILES string of the molecule is C[C@H](/C=C/c1ccccc1)[C@H](CC#N)O[Si](C)(C)C(C)(C)C. The number of nitriles is 1.